The SMILES string of the molecule is Cc1ccc2c(c1)OCC(=O)N2Cc1cccc(C(=O)NCCCN2CCOCC2)c1. The van der Waals surface area contributed by atoms with Gasteiger partial charge in [0.15, 0.2) is 6.61 Å². The van der Waals surface area contributed by atoms with Crippen LogP contribution >= 0.6 is 0 Å². The van der Waals surface area contributed by atoms with Gasteiger partial charge in [0.1, 0.15) is 5.75 Å². The quantitative estimate of drug-likeness (QED) is 0.693. The minimum atomic E-state index is -0.0897. The van der Waals surface area contributed by atoms with Crippen molar-refractivity contribution >= 4 is 17.5 Å². The van der Waals surface area contributed by atoms with Crippen molar-refractivity contribution < 1.29 is 19.1 Å². The topological polar surface area (TPSA) is 71.1 Å². The molecule has 2 aliphatic heterocycles. The third-order valence-electron chi connectivity index (χ3n) is 5.63. The molecule has 1 fully saturated rings. The second kappa shape index (κ2) is 9.94. The van der Waals surface area contributed by atoms with Crippen LogP contribution in [0.15, 0.2) is 42.5 Å². The summed E-state index contributed by atoms with van der Waals surface area (Å²) in [5.74, 6) is 0.538. The molecule has 164 valence electrons. The van der Waals surface area contributed by atoms with Crippen LogP contribution in [-0.4, -0.2) is 62.7 Å². The van der Waals surface area contributed by atoms with Crippen molar-refractivity contribution in [1.82, 2.24) is 10.2 Å². The van der Waals surface area contributed by atoms with E-state index < -0.39 is 0 Å². The summed E-state index contributed by atoms with van der Waals surface area (Å²) in [6, 6.07) is 13.3. The maximum atomic E-state index is 12.6. The van der Waals surface area contributed by atoms with Gasteiger partial charge in [-0.2, -0.15) is 0 Å². The summed E-state index contributed by atoms with van der Waals surface area (Å²) in [7, 11) is 0. The maximum Gasteiger partial charge on any atom is 0.265 e. The van der Waals surface area contributed by atoms with Gasteiger partial charge in [-0.3, -0.25) is 14.5 Å². The number of nitrogens with one attached hydrogen (secondary N) is 1. The van der Waals surface area contributed by atoms with Crippen molar-refractivity contribution in [2.75, 3.05) is 50.9 Å². The summed E-state index contributed by atoms with van der Waals surface area (Å²) >= 11 is 0. The van der Waals surface area contributed by atoms with Crippen molar-refractivity contribution in [3.05, 3.63) is 59.2 Å². The minimum Gasteiger partial charge on any atom is -0.482 e. The number of nitrogens with zero attached hydrogens (tertiary/aromatic N) is 2. The Morgan fingerprint density at radius 3 is 2.81 bits per heavy atom. The van der Waals surface area contributed by atoms with E-state index in [1.54, 1.807) is 11.0 Å². The average molecular weight is 424 g/mol. The summed E-state index contributed by atoms with van der Waals surface area (Å²) in [6.07, 6.45) is 0.907. The molecule has 0 atom stereocenters. The van der Waals surface area contributed by atoms with E-state index in [0.717, 1.165) is 56.1 Å². The van der Waals surface area contributed by atoms with Crippen molar-refractivity contribution in [1.29, 1.82) is 0 Å². The molecule has 2 heterocycles. The van der Waals surface area contributed by atoms with Gasteiger partial charge in [0, 0.05) is 25.2 Å². The first-order chi connectivity index (χ1) is 15.1. The van der Waals surface area contributed by atoms with Gasteiger partial charge in [0.2, 0.25) is 0 Å². The van der Waals surface area contributed by atoms with Crippen LogP contribution in [0.1, 0.15) is 27.9 Å². The number of carbonyl (C=O) groups is 2. The van der Waals surface area contributed by atoms with Crippen molar-refractivity contribution in [2.45, 2.75) is 19.9 Å². The highest BCUT2D eigenvalue weighted by Crippen LogP contribution is 2.33. The predicted octanol–water partition coefficient (Wildman–Crippen LogP) is 2.37. The fourth-order valence-corrected chi connectivity index (χ4v) is 3.91. The molecule has 4 rings (SSSR count). The van der Waals surface area contributed by atoms with Crippen LogP contribution in [0, 0.1) is 6.92 Å². The molecule has 2 aliphatic rings. The normalized spacial score (nSPS) is 16.5. The number of rotatable bonds is 7. The minimum absolute atomic E-state index is 0.0276. The third-order valence-corrected chi connectivity index (χ3v) is 5.63. The van der Waals surface area contributed by atoms with Crippen LogP contribution in [0.5, 0.6) is 5.75 Å². The number of benzene rings is 2. The number of hydrogen-bond acceptors (Lipinski definition) is 5. The second-order valence-corrected chi connectivity index (χ2v) is 8.00. The summed E-state index contributed by atoms with van der Waals surface area (Å²) in [5, 5.41) is 3.00. The van der Waals surface area contributed by atoms with E-state index in [-0.39, 0.29) is 18.4 Å². The molecular weight excluding hydrogens is 394 g/mol. The van der Waals surface area contributed by atoms with Crippen LogP contribution in [0.2, 0.25) is 0 Å². The molecule has 2 amide bonds. The van der Waals surface area contributed by atoms with E-state index in [1.165, 1.54) is 0 Å². The molecule has 0 radical (unpaired) electrons. The van der Waals surface area contributed by atoms with Gasteiger partial charge in [0.25, 0.3) is 11.8 Å². The van der Waals surface area contributed by atoms with Gasteiger partial charge >= 0.3 is 0 Å². The number of morpholine rings is 1. The summed E-state index contributed by atoms with van der Waals surface area (Å²) in [4.78, 5) is 29.2. The first-order valence-corrected chi connectivity index (χ1v) is 10.8. The van der Waals surface area contributed by atoms with Crippen LogP contribution in [0.3, 0.4) is 0 Å². The molecule has 0 aromatic heterocycles. The van der Waals surface area contributed by atoms with E-state index in [4.69, 9.17) is 9.47 Å². The predicted molar refractivity (Wildman–Crippen MR) is 119 cm³/mol. The maximum absolute atomic E-state index is 12.6. The van der Waals surface area contributed by atoms with Gasteiger partial charge in [-0.15, -0.1) is 0 Å². The highest BCUT2D eigenvalue weighted by molar-refractivity contribution is 5.98. The van der Waals surface area contributed by atoms with Crippen molar-refractivity contribution in [3.63, 3.8) is 0 Å². The first-order valence-electron chi connectivity index (χ1n) is 10.8. The number of fused-ring (bicyclic) bond motifs is 1. The first kappa shape index (κ1) is 21.3. The Bertz CT molecular complexity index is 940. The lowest BCUT2D eigenvalue weighted by Crippen LogP contribution is -2.38. The number of carbonyl (C=O) groups excluding carboxylic acids is 2. The number of ether oxygens (including phenoxy) is 2. The molecule has 1 N–H and O–H groups in total. The fourth-order valence-electron chi connectivity index (χ4n) is 3.91. The van der Waals surface area contributed by atoms with Gasteiger partial charge in [-0.05, 0) is 55.3 Å². The lowest BCUT2D eigenvalue weighted by Gasteiger charge is -2.29. The molecule has 0 bridgehead atoms. The van der Waals surface area contributed by atoms with Gasteiger partial charge in [-0.25, -0.2) is 0 Å². The Balaban J connectivity index is 1.35. The zero-order chi connectivity index (χ0) is 21.6. The van der Waals surface area contributed by atoms with Gasteiger partial charge in [0.05, 0.1) is 25.4 Å². The van der Waals surface area contributed by atoms with E-state index >= 15 is 0 Å². The molecule has 31 heavy (non-hydrogen) atoms. The molecule has 2 aromatic carbocycles. The molecule has 2 aromatic rings. The number of hydrogen-bond donors (Lipinski definition) is 1. The lowest BCUT2D eigenvalue weighted by molar-refractivity contribution is -0.121. The van der Waals surface area contributed by atoms with Gasteiger partial charge < -0.3 is 19.7 Å². The van der Waals surface area contributed by atoms with E-state index in [9.17, 15) is 9.59 Å². The number of aryl methyl sites for hydroxylation is 1. The summed E-state index contributed by atoms with van der Waals surface area (Å²) in [5.41, 5.74) is 3.36. The Morgan fingerprint density at radius 2 is 1.97 bits per heavy atom. The van der Waals surface area contributed by atoms with E-state index in [0.29, 0.717) is 24.4 Å². The standard InChI is InChI=1S/C24H29N3O4/c1-18-6-7-21-22(14-18)31-17-23(28)27(21)16-19-4-2-5-20(15-19)24(29)25-8-3-9-26-10-12-30-13-11-26/h2,4-7,14-15H,3,8-13,16-17H2,1H3,(H,25,29). The van der Waals surface area contributed by atoms with E-state index in [2.05, 4.69) is 10.2 Å². The van der Waals surface area contributed by atoms with Crippen molar-refractivity contribution in [3.8, 4) is 5.75 Å². The zero-order valence-corrected chi connectivity index (χ0v) is 17.9. The monoisotopic (exact) mass is 423 g/mol. The molecule has 0 spiro atoms. The van der Waals surface area contributed by atoms with E-state index in [1.807, 2.05) is 43.3 Å². The van der Waals surface area contributed by atoms with Crippen LogP contribution in [0.4, 0.5) is 5.69 Å². The van der Waals surface area contributed by atoms with Crippen LogP contribution < -0.4 is 15.0 Å². The Hall–Kier alpha value is -2.90. The Kier molecular flexibility index (Phi) is 6.84. The number of amides is 2. The van der Waals surface area contributed by atoms with Gasteiger partial charge in [-0.1, -0.05) is 18.2 Å². The highest BCUT2D eigenvalue weighted by atomic mass is 16.5. The smallest absolute Gasteiger partial charge is 0.265 e. The van der Waals surface area contributed by atoms with Crippen LogP contribution in [0.25, 0.3) is 0 Å². The van der Waals surface area contributed by atoms with Crippen molar-refractivity contribution in [2.24, 2.45) is 0 Å². The lowest BCUT2D eigenvalue weighted by atomic mass is 10.1. The second-order valence-electron chi connectivity index (χ2n) is 8.00. The molecule has 7 nitrogen and oxygen atoms in total. The largest absolute Gasteiger partial charge is 0.482 e. The molecular formula is C24H29N3O4. The highest BCUT2D eigenvalue weighted by Gasteiger charge is 2.25. The van der Waals surface area contributed by atoms with Crippen LogP contribution in [-0.2, 0) is 16.1 Å². The Morgan fingerprint density at radius 1 is 1.13 bits per heavy atom. The molecule has 0 saturated carbocycles. The third kappa shape index (κ3) is 5.42. The molecule has 1 saturated heterocycles. The fraction of sp³-hybridized carbons (Fsp3) is 0.417. The molecule has 7 heteroatoms. The molecule has 0 aliphatic carbocycles. The summed E-state index contributed by atoms with van der Waals surface area (Å²) < 4.78 is 10.9. The average Bonchev–Trinajstić information content (AvgIpc) is 2.79. The Labute approximate surface area is 182 Å². The zero-order valence-electron chi connectivity index (χ0n) is 17.9. The molecule has 0 unspecified atom stereocenters. The summed E-state index contributed by atoms with van der Waals surface area (Å²) in [6.45, 7) is 7.50. The number of anilines is 1.